The average Bonchev–Trinajstić information content (AvgIpc) is 3.21. The van der Waals surface area contributed by atoms with E-state index in [0.29, 0.717) is 19.8 Å². The molecule has 2 aromatic carbocycles. The molecule has 0 aliphatic carbocycles. The highest BCUT2D eigenvalue weighted by Crippen LogP contribution is 2.35. The van der Waals surface area contributed by atoms with Gasteiger partial charge in [0.1, 0.15) is 6.61 Å². The standard InChI is InChI=1S/C30H36N2O4/c1-7-34-16-15-26-18-24(13-14-27(26)25-11-9-8-10-12-25)19-35-28-17-20(2)32(23(5)29(28)33-6)30-21(3)22(4)31-36-30/h8-14,17-18,23H,7,15-16,19H2,1-6H3. The van der Waals surface area contributed by atoms with Crippen LogP contribution < -0.4 is 4.90 Å². The molecule has 0 N–H and O–H groups in total. The molecule has 36 heavy (non-hydrogen) atoms. The number of aryl methyl sites for hydroxylation is 1. The Balaban J connectivity index is 1.56. The van der Waals surface area contributed by atoms with E-state index in [1.807, 2.05) is 39.8 Å². The molecule has 6 heteroatoms. The Morgan fingerprint density at radius 2 is 1.83 bits per heavy atom. The number of allylic oxidation sites excluding steroid dienone is 2. The topological polar surface area (TPSA) is 57.0 Å². The molecule has 0 radical (unpaired) electrons. The maximum absolute atomic E-state index is 6.33. The van der Waals surface area contributed by atoms with Crippen molar-refractivity contribution in [2.75, 3.05) is 25.2 Å². The zero-order valence-electron chi connectivity index (χ0n) is 22.1. The van der Waals surface area contributed by atoms with Crippen LogP contribution in [-0.2, 0) is 27.2 Å². The fraction of sp³-hybridized carbons (Fsp3) is 0.367. The minimum absolute atomic E-state index is 0.0942. The predicted octanol–water partition coefficient (Wildman–Crippen LogP) is 6.72. The molecule has 1 aliphatic rings. The molecule has 0 bridgehead atoms. The van der Waals surface area contributed by atoms with Crippen LogP contribution in [0.1, 0.15) is 43.2 Å². The molecule has 0 fully saturated rings. The van der Waals surface area contributed by atoms with Crippen LogP contribution in [-0.4, -0.2) is 31.5 Å². The molecule has 0 saturated carbocycles. The van der Waals surface area contributed by atoms with Gasteiger partial charge in [-0.15, -0.1) is 0 Å². The lowest BCUT2D eigenvalue weighted by molar-refractivity contribution is 0.150. The monoisotopic (exact) mass is 488 g/mol. The number of hydrogen-bond donors (Lipinski definition) is 0. The smallest absolute Gasteiger partial charge is 0.235 e. The van der Waals surface area contributed by atoms with Crippen LogP contribution in [0.25, 0.3) is 11.1 Å². The molecule has 2 heterocycles. The number of aromatic nitrogens is 1. The molecule has 1 atom stereocenters. The van der Waals surface area contributed by atoms with Gasteiger partial charge in [0.2, 0.25) is 5.88 Å². The summed E-state index contributed by atoms with van der Waals surface area (Å²) in [5.74, 6) is 2.22. The third-order valence-corrected chi connectivity index (χ3v) is 6.67. The zero-order chi connectivity index (χ0) is 25.7. The van der Waals surface area contributed by atoms with Crippen LogP contribution in [0.5, 0.6) is 0 Å². The zero-order valence-corrected chi connectivity index (χ0v) is 22.1. The lowest BCUT2D eigenvalue weighted by atomic mass is 9.96. The first-order chi connectivity index (χ1) is 17.4. The van der Waals surface area contributed by atoms with E-state index in [0.717, 1.165) is 46.3 Å². The Hall–Kier alpha value is -3.51. The number of hydrogen-bond acceptors (Lipinski definition) is 6. The molecule has 6 nitrogen and oxygen atoms in total. The van der Waals surface area contributed by atoms with Crippen LogP contribution in [0.3, 0.4) is 0 Å². The van der Waals surface area contributed by atoms with Crippen molar-refractivity contribution in [3.05, 3.63) is 94.2 Å². The van der Waals surface area contributed by atoms with E-state index in [9.17, 15) is 0 Å². The van der Waals surface area contributed by atoms with Gasteiger partial charge in [0, 0.05) is 23.9 Å². The summed E-state index contributed by atoms with van der Waals surface area (Å²) >= 11 is 0. The van der Waals surface area contributed by atoms with E-state index in [4.69, 9.17) is 18.7 Å². The second-order valence-corrected chi connectivity index (χ2v) is 9.06. The Bertz CT molecular complexity index is 1240. The molecular formula is C30H36N2O4. The number of nitrogens with zero attached hydrogens (tertiary/aromatic N) is 2. The van der Waals surface area contributed by atoms with Crippen molar-refractivity contribution in [2.24, 2.45) is 0 Å². The first-order valence-corrected chi connectivity index (χ1v) is 12.5. The highest BCUT2D eigenvalue weighted by molar-refractivity contribution is 5.68. The van der Waals surface area contributed by atoms with Crippen molar-refractivity contribution in [2.45, 2.75) is 53.7 Å². The van der Waals surface area contributed by atoms with Crippen molar-refractivity contribution in [3.63, 3.8) is 0 Å². The van der Waals surface area contributed by atoms with Crippen molar-refractivity contribution < 1.29 is 18.7 Å². The van der Waals surface area contributed by atoms with Gasteiger partial charge >= 0.3 is 0 Å². The maximum Gasteiger partial charge on any atom is 0.235 e. The Kier molecular flexibility index (Phi) is 8.16. The first-order valence-electron chi connectivity index (χ1n) is 12.5. The largest absolute Gasteiger partial charge is 0.495 e. The first kappa shape index (κ1) is 25.6. The van der Waals surface area contributed by atoms with E-state index >= 15 is 0 Å². The van der Waals surface area contributed by atoms with Gasteiger partial charge in [0.05, 0.1) is 25.5 Å². The van der Waals surface area contributed by atoms with Gasteiger partial charge in [-0.25, -0.2) is 0 Å². The van der Waals surface area contributed by atoms with E-state index in [1.165, 1.54) is 16.7 Å². The summed E-state index contributed by atoms with van der Waals surface area (Å²) in [5.41, 5.74) is 7.70. The Morgan fingerprint density at radius 3 is 2.50 bits per heavy atom. The van der Waals surface area contributed by atoms with Gasteiger partial charge in [-0.05, 0) is 63.3 Å². The summed E-state index contributed by atoms with van der Waals surface area (Å²) in [6.45, 7) is 12.0. The quantitative estimate of drug-likeness (QED) is 0.295. The highest BCUT2D eigenvalue weighted by Gasteiger charge is 2.32. The summed E-state index contributed by atoms with van der Waals surface area (Å²) in [6, 6.07) is 16.9. The van der Waals surface area contributed by atoms with Gasteiger partial charge in [-0.1, -0.05) is 53.7 Å². The number of anilines is 1. The highest BCUT2D eigenvalue weighted by atomic mass is 16.5. The Morgan fingerprint density at radius 1 is 1.06 bits per heavy atom. The summed E-state index contributed by atoms with van der Waals surface area (Å²) in [7, 11) is 1.68. The molecule has 1 unspecified atom stereocenters. The third-order valence-electron chi connectivity index (χ3n) is 6.67. The molecule has 0 amide bonds. The van der Waals surface area contributed by atoms with Crippen molar-refractivity contribution in [3.8, 4) is 11.1 Å². The molecule has 4 rings (SSSR count). The van der Waals surface area contributed by atoms with Gasteiger partial charge in [0.15, 0.2) is 11.5 Å². The predicted molar refractivity (Wildman–Crippen MR) is 143 cm³/mol. The average molecular weight is 489 g/mol. The van der Waals surface area contributed by atoms with E-state index < -0.39 is 0 Å². The number of benzene rings is 2. The number of ether oxygens (including phenoxy) is 3. The van der Waals surface area contributed by atoms with Gasteiger partial charge in [0.25, 0.3) is 0 Å². The van der Waals surface area contributed by atoms with Crippen molar-refractivity contribution in [1.82, 2.24) is 5.16 Å². The molecule has 1 aromatic heterocycles. The van der Waals surface area contributed by atoms with Crippen LogP contribution >= 0.6 is 0 Å². The van der Waals surface area contributed by atoms with Crippen molar-refractivity contribution in [1.29, 1.82) is 0 Å². The summed E-state index contributed by atoms with van der Waals surface area (Å²) < 4.78 is 23.4. The van der Waals surface area contributed by atoms with Crippen LogP contribution in [0.4, 0.5) is 5.88 Å². The second kappa shape index (κ2) is 11.5. The molecule has 3 aromatic rings. The number of methoxy groups -OCH3 is 1. The normalized spacial score (nSPS) is 15.8. The van der Waals surface area contributed by atoms with E-state index in [2.05, 4.69) is 59.4 Å². The molecule has 0 spiro atoms. The van der Waals surface area contributed by atoms with Crippen molar-refractivity contribution >= 4 is 5.88 Å². The SMILES string of the molecule is CCOCCc1cc(COC2=C(OC)C(C)N(c3onc(C)c3C)C(C)=C2)ccc1-c1ccccc1. The minimum Gasteiger partial charge on any atom is -0.495 e. The van der Waals surface area contributed by atoms with Crippen LogP contribution in [0.2, 0.25) is 0 Å². The summed E-state index contributed by atoms with van der Waals surface area (Å²) in [5, 5.41) is 4.13. The molecule has 0 saturated heterocycles. The van der Waals surface area contributed by atoms with E-state index in [-0.39, 0.29) is 6.04 Å². The van der Waals surface area contributed by atoms with Gasteiger partial charge in [-0.3, -0.25) is 0 Å². The van der Waals surface area contributed by atoms with Crippen LogP contribution in [0, 0.1) is 13.8 Å². The van der Waals surface area contributed by atoms with Crippen LogP contribution in [0.15, 0.2) is 76.3 Å². The fourth-order valence-electron chi connectivity index (χ4n) is 4.64. The second-order valence-electron chi connectivity index (χ2n) is 9.06. The lowest BCUT2D eigenvalue weighted by Crippen LogP contribution is -2.37. The lowest BCUT2D eigenvalue weighted by Gasteiger charge is -2.34. The molecule has 1 aliphatic heterocycles. The third kappa shape index (κ3) is 5.34. The Labute approximate surface area is 214 Å². The number of rotatable bonds is 10. The summed E-state index contributed by atoms with van der Waals surface area (Å²) in [4.78, 5) is 2.10. The molecular weight excluding hydrogens is 452 g/mol. The maximum atomic E-state index is 6.33. The van der Waals surface area contributed by atoms with E-state index in [1.54, 1.807) is 7.11 Å². The molecule has 190 valence electrons. The van der Waals surface area contributed by atoms with Gasteiger partial charge in [-0.2, -0.15) is 0 Å². The minimum atomic E-state index is -0.0942. The van der Waals surface area contributed by atoms with Gasteiger partial charge < -0.3 is 23.6 Å². The summed E-state index contributed by atoms with van der Waals surface area (Å²) in [6.07, 6.45) is 2.85. The fourth-order valence-corrected chi connectivity index (χ4v) is 4.64.